The van der Waals surface area contributed by atoms with Gasteiger partial charge in [0.05, 0.1) is 6.54 Å². The summed E-state index contributed by atoms with van der Waals surface area (Å²) in [6, 6.07) is -0.300. The Morgan fingerprint density at radius 3 is 2.50 bits per heavy atom. The minimum absolute atomic E-state index is 0.158. The second-order valence-electron chi connectivity index (χ2n) is 6.37. The Morgan fingerprint density at radius 2 is 1.95 bits per heavy atom. The molecular formula is C13H27N5O2. The first-order valence-corrected chi connectivity index (χ1v) is 6.96. The number of hydrogen-bond donors (Lipinski definition) is 3. The van der Waals surface area contributed by atoms with Crippen molar-refractivity contribution in [3.8, 4) is 0 Å². The fourth-order valence-electron chi connectivity index (χ4n) is 2.20. The average Bonchev–Trinajstić information content (AvgIpc) is 2.28. The average molecular weight is 285 g/mol. The predicted octanol–water partition coefficient (Wildman–Crippen LogP) is -0.815. The lowest BCUT2D eigenvalue weighted by atomic mass is 10.1. The Bertz CT molecular complexity index is 353. The summed E-state index contributed by atoms with van der Waals surface area (Å²) in [5, 5.41) is 5.05. The Kier molecular flexibility index (Phi) is 5.91. The van der Waals surface area contributed by atoms with Gasteiger partial charge in [-0.05, 0) is 27.8 Å². The third-order valence-electron chi connectivity index (χ3n) is 3.17. The predicted molar refractivity (Wildman–Crippen MR) is 78.3 cm³/mol. The molecule has 3 amide bonds. The molecule has 1 fully saturated rings. The molecule has 20 heavy (non-hydrogen) atoms. The normalized spacial score (nSPS) is 21.6. The number of rotatable bonds is 3. The molecule has 7 heteroatoms. The maximum absolute atomic E-state index is 11.9. The summed E-state index contributed by atoms with van der Waals surface area (Å²) in [4.78, 5) is 27.7. The van der Waals surface area contributed by atoms with Gasteiger partial charge in [0.2, 0.25) is 5.91 Å². The molecule has 0 spiro atoms. The number of amides is 3. The molecule has 0 bridgehead atoms. The Balaban J connectivity index is 2.43. The van der Waals surface area contributed by atoms with Gasteiger partial charge >= 0.3 is 6.03 Å². The number of nitrogens with zero attached hydrogens (tertiary/aromatic N) is 2. The monoisotopic (exact) mass is 285 g/mol. The number of hydrogen-bond acceptors (Lipinski definition) is 5. The van der Waals surface area contributed by atoms with Crippen LogP contribution < -0.4 is 16.4 Å². The highest BCUT2D eigenvalue weighted by molar-refractivity contribution is 5.95. The van der Waals surface area contributed by atoms with Crippen LogP contribution in [0.15, 0.2) is 0 Å². The lowest BCUT2D eigenvalue weighted by Crippen LogP contribution is -2.58. The van der Waals surface area contributed by atoms with Crippen molar-refractivity contribution in [2.75, 3.05) is 39.8 Å². The molecule has 0 aromatic heterocycles. The minimum atomic E-state index is -0.457. The van der Waals surface area contributed by atoms with Crippen LogP contribution in [0.2, 0.25) is 0 Å². The molecule has 0 saturated carbocycles. The summed E-state index contributed by atoms with van der Waals surface area (Å²) in [6.45, 7) is 8.83. The van der Waals surface area contributed by atoms with Crippen molar-refractivity contribution >= 4 is 11.9 Å². The van der Waals surface area contributed by atoms with E-state index in [2.05, 4.69) is 15.5 Å². The number of carbonyl (C=O) groups is 2. The molecule has 0 aliphatic carbocycles. The van der Waals surface area contributed by atoms with Crippen LogP contribution in [0.4, 0.5) is 4.79 Å². The van der Waals surface area contributed by atoms with Gasteiger partial charge in [0.25, 0.3) is 0 Å². The van der Waals surface area contributed by atoms with Crippen molar-refractivity contribution in [1.29, 1.82) is 0 Å². The molecule has 0 aromatic rings. The van der Waals surface area contributed by atoms with Crippen LogP contribution in [-0.2, 0) is 4.79 Å². The van der Waals surface area contributed by atoms with E-state index in [1.807, 2.05) is 32.7 Å². The first-order valence-electron chi connectivity index (χ1n) is 6.96. The Morgan fingerprint density at radius 1 is 1.30 bits per heavy atom. The van der Waals surface area contributed by atoms with Gasteiger partial charge in [0.15, 0.2) is 0 Å². The maximum Gasteiger partial charge on any atom is 0.321 e. The summed E-state index contributed by atoms with van der Waals surface area (Å²) in [5.41, 5.74) is 5.37. The number of piperazine rings is 1. The number of urea groups is 1. The molecule has 0 aromatic carbocycles. The third-order valence-corrected chi connectivity index (χ3v) is 3.17. The number of nitrogens with two attached hydrogens (primary N) is 1. The molecule has 1 unspecified atom stereocenters. The first kappa shape index (κ1) is 16.9. The Hall–Kier alpha value is -1.18. The van der Waals surface area contributed by atoms with Crippen molar-refractivity contribution in [2.24, 2.45) is 5.73 Å². The molecule has 1 aliphatic heterocycles. The molecular weight excluding hydrogens is 258 g/mol. The molecule has 0 radical (unpaired) electrons. The standard InChI is InChI=1S/C13H27N5O2/c1-13(2,3)16-12(20)15-11(19)9-18-6-5-17(4)8-10(18)7-14/h10H,5-9,14H2,1-4H3,(H2,15,16,19,20). The summed E-state index contributed by atoms with van der Waals surface area (Å²) in [7, 11) is 2.04. The van der Waals surface area contributed by atoms with E-state index >= 15 is 0 Å². The number of carbonyl (C=O) groups excluding carboxylic acids is 2. The van der Waals surface area contributed by atoms with Gasteiger partial charge in [0.1, 0.15) is 0 Å². The van der Waals surface area contributed by atoms with Crippen LogP contribution >= 0.6 is 0 Å². The molecule has 1 atom stereocenters. The van der Waals surface area contributed by atoms with Gasteiger partial charge in [-0.15, -0.1) is 0 Å². The van der Waals surface area contributed by atoms with Crippen LogP contribution in [-0.4, -0.2) is 73.1 Å². The van der Waals surface area contributed by atoms with Gasteiger partial charge in [-0.3, -0.25) is 15.0 Å². The Labute approximate surface area is 120 Å². The van der Waals surface area contributed by atoms with Crippen molar-refractivity contribution in [1.82, 2.24) is 20.4 Å². The van der Waals surface area contributed by atoms with Crippen molar-refractivity contribution < 1.29 is 9.59 Å². The van der Waals surface area contributed by atoms with Gasteiger partial charge < -0.3 is 16.0 Å². The SMILES string of the molecule is CN1CCN(CC(=O)NC(=O)NC(C)(C)C)C(CN)C1. The maximum atomic E-state index is 11.9. The summed E-state index contributed by atoms with van der Waals surface area (Å²) in [5.74, 6) is -0.297. The van der Waals surface area contributed by atoms with E-state index in [0.29, 0.717) is 6.54 Å². The van der Waals surface area contributed by atoms with Crippen LogP contribution in [0.25, 0.3) is 0 Å². The van der Waals surface area contributed by atoms with Crippen molar-refractivity contribution in [3.63, 3.8) is 0 Å². The van der Waals surface area contributed by atoms with Crippen molar-refractivity contribution in [2.45, 2.75) is 32.4 Å². The smallest absolute Gasteiger partial charge is 0.321 e. The van der Waals surface area contributed by atoms with Gasteiger partial charge in [-0.2, -0.15) is 0 Å². The molecule has 1 saturated heterocycles. The van der Waals surface area contributed by atoms with E-state index in [9.17, 15) is 9.59 Å². The zero-order valence-corrected chi connectivity index (χ0v) is 12.9. The second kappa shape index (κ2) is 7.01. The summed E-state index contributed by atoms with van der Waals surface area (Å²) < 4.78 is 0. The molecule has 116 valence electrons. The van der Waals surface area contributed by atoms with Crippen molar-refractivity contribution in [3.05, 3.63) is 0 Å². The van der Waals surface area contributed by atoms with Gasteiger partial charge in [-0.1, -0.05) is 0 Å². The second-order valence-corrected chi connectivity index (χ2v) is 6.37. The number of nitrogens with one attached hydrogen (secondary N) is 2. The largest absolute Gasteiger partial charge is 0.333 e. The highest BCUT2D eigenvalue weighted by Crippen LogP contribution is 2.06. The lowest BCUT2D eigenvalue weighted by molar-refractivity contribution is -0.122. The highest BCUT2D eigenvalue weighted by Gasteiger charge is 2.26. The summed E-state index contributed by atoms with van der Waals surface area (Å²) in [6.07, 6.45) is 0. The van der Waals surface area contributed by atoms with E-state index in [1.54, 1.807) is 0 Å². The fourth-order valence-corrected chi connectivity index (χ4v) is 2.20. The molecule has 4 N–H and O–H groups in total. The number of likely N-dealkylation sites (N-methyl/N-ethyl adjacent to an activating group) is 1. The zero-order valence-electron chi connectivity index (χ0n) is 12.9. The minimum Gasteiger partial charge on any atom is -0.333 e. The van der Waals surface area contributed by atoms with E-state index in [-0.39, 0.29) is 24.0 Å². The van der Waals surface area contributed by atoms with Gasteiger partial charge in [-0.25, -0.2) is 4.79 Å². The van der Waals surface area contributed by atoms with Crippen LogP contribution in [0, 0.1) is 0 Å². The third kappa shape index (κ3) is 5.85. The molecule has 1 aliphatic rings. The van der Waals surface area contributed by atoms with Crippen LogP contribution in [0.1, 0.15) is 20.8 Å². The molecule has 1 heterocycles. The molecule has 7 nitrogen and oxygen atoms in total. The molecule has 1 rings (SSSR count). The topological polar surface area (TPSA) is 90.7 Å². The van der Waals surface area contributed by atoms with E-state index < -0.39 is 6.03 Å². The summed E-state index contributed by atoms with van der Waals surface area (Å²) >= 11 is 0. The van der Waals surface area contributed by atoms with Crippen LogP contribution in [0.5, 0.6) is 0 Å². The number of imide groups is 1. The lowest BCUT2D eigenvalue weighted by Gasteiger charge is -2.39. The van der Waals surface area contributed by atoms with E-state index in [1.165, 1.54) is 0 Å². The quantitative estimate of drug-likeness (QED) is 0.630. The fraction of sp³-hybridized carbons (Fsp3) is 0.846. The highest BCUT2D eigenvalue weighted by atomic mass is 16.2. The zero-order chi connectivity index (χ0) is 15.3. The van der Waals surface area contributed by atoms with Crippen LogP contribution in [0.3, 0.4) is 0 Å². The van der Waals surface area contributed by atoms with E-state index in [4.69, 9.17) is 5.73 Å². The van der Waals surface area contributed by atoms with Gasteiger partial charge in [0, 0.05) is 37.8 Å². The van der Waals surface area contributed by atoms with E-state index in [0.717, 1.165) is 19.6 Å². The first-order chi connectivity index (χ1) is 9.21.